The van der Waals surface area contributed by atoms with Crippen molar-refractivity contribution >= 4 is 11.8 Å². The topological polar surface area (TPSA) is 100 Å². The molecule has 0 spiro atoms. The summed E-state index contributed by atoms with van der Waals surface area (Å²) in [5.74, 6) is 0.120. The molecule has 2 aromatic rings. The molecule has 0 bridgehead atoms. The monoisotopic (exact) mass is 439 g/mol. The Morgan fingerprint density at radius 2 is 2.00 bits per heavy atom. The quantitative estimate of drug-likeness (QED) is 0.746. The van der Waals surface area contributed by atoms with Crippen molar-refractivity contribution in [1.82, 2.24) is 25.2 Å². The summed E-state index contributed by atoms with van der Waals surface area (Å²) in [6.07, 6.45) is 5.06. The number of hydrogen-bond donors (Lipinski definition) is 2. The average molecular weight is 440 g/mol. The maximum Gasteiger partial charge on any atom is 0.248 e. The van der Waals surface area contributed by atoms with E-state index in [0.717, 1.165) is 11.3 Å². The Kier molecular flexibility index (Phi) is 6.07. The van der Waals surface area contributed by atoms with E-state index < -0.39 is 23.6 Å². The van der Waals surface area contributed by atoms with E-state index in [2.05, 4.69) is 27.8 Å². The summed E-state index contributed by atoms with van der Waals surface area (Å²) in [4.78, 5) is 27.5. The number of β-amino-alcohol motifs (C(OH)–C–C–N with tert-alkyl or cyclic N) is 1. The average Bonchev–Trinajstić information content (AvgIpc) is 3.32. The largest absolute Gasteiger partial charge is 0.391 e. The number of aliphatic hydroxyl groups is 1. The number of aromatic nitrogens is 3. The van der Waals surface area contributed by atoms with Crippen molar-refractivity contribution in [2.75, 3.05) is 13.6 Å². The number of rotatable bonds is 5. The zero-order valence-electron chi connectivity index (χ0n) is 19.3. The lowest BCUT2D eigenvalue weighted by atomic mass is 9.79. The molecule has 2 N–H and O–H groups in total. The van der Waals surface area contributed by atoms with Gasteiger partial charge in [-0.15, -0.1) is 5.10 Å². The second kappa shape index (κ2) is 8.65. The molecule has 1 aliphatic carbocycles. The Labute approximate surface area is 189 Å². The van der Waals surface area contributed by atoms with Gasteiger partial charge in [0.25, 0.3) is 0 Å². The Morgan fingerprint density at radius 1 is 1.25 bits per heavy atom. The number of likely N-dealkylation sites (tertiary alicyclic amines) is 1. The van der Waals surface area contributed by atoms with Gasteiger partial charge in [0.2, 0.25) is 11.8 Å². The summed E-state index contributed by atoms with van der Waals surface area (Å²) in [5, 5.41) is 21.5. The molecular weight excluding hydrogens is 406 g/mol. The fourth-order valence-electron chi connectivity index (χ4n) is 4.74. The molecule has 0 radical (unpaired) electrons. The lowest BCUT2D eigenvalue weighted by Crippen LogP contribution is -2.49. The molecule has 1 saturated heterocycles. The van der Waals surface area contributed by atoms with E-state index in [1.165, 1.54) is 29.7 Å². The minimum absolute atomic E-state index is 0.133. The van der Waals surface area contributed by atoms with Gasteiger partial charge in [-0.25, -0.2) is 4.68 Å². The molecule has 2 fully saturated rings. The van der Waals surface area contributed by atoms with Gasteiger partial charge >= 0.3 is 0 Å². The lowest BCUT2D eigenvalue weighted by Gasteiger charge is -2.34. The third-order valence-electron chi connectivity index (χ3n) is 6.70. The highest BCUT2D eigenvalue weighted by atomic mass is 16.3. The van der Waals surface area contributed by atoms with Gasteiger partial charge in [0.1, 0.15) is 17.8 Å². The highest BCUT2D eigenvalue weighted by Crippen LogP contribution is 2.38. The predicted molar refractivity (Wildman–Crippen MR) is 121 cm³/mol. The SMILES string of the molecule is CNC(=O)[C@H]1CC(O)CN1C(=O)C(n1cc(-c2cccc(C3CCC3)c2)nn1)C(C)(C)C. The van der Waals surface area contributed by atoms with Gasteiger partial charge in [0.05, 0.1) is 12.3 Å². The maximum absolute atomic E-state index is 13.7. The van der Waals surface area contributed by atoms with Gasteiger partial charge in [-0.3, -0.25) is 9.59 Å². The van der Waals surface area contributed by atoms with Crippen molar-refractivity contribution in [3.63, 3.8) is 0 Å². The minimum atomic E-state index is -0.720. The van der Waals surface area contributed by atoms with Gasteiger partial charge < -0.3 is 15.3 Å². The Bertz CT molecular complexity index is 992. The number of benzene rings is 1. The first kappa shape index (κ1) is 22.5. The number of nitrogens with zero attached hydrogens (tertiary/aromatic N) is 4. The van der Waals surface area contributed by atoms with E-state index in [0.29, 0.717) is 5.92 Å². The summed E-state index contributed by atoms with van der Waals surface area (Å²) < 4.78 is 1.61. The van der Waals surface area contributed by atoms with Crippen LogP contribution in [-0.2, 0) is 9.59 Å². The number of hydrogen-bond acceptors (Lipinski definition) is 5. The number of aliphatic hydroxyl groups excluding tert-OH is 1. The fraction of sp³-hybridized carbons (Fsp3) is 0.583. The summed E-state index contributed by atoms with van der Waals surface area (Å²) in [5.41, 5.74) is 2.56. The predicted octanol–water partition coefficient (Wildman–Crippen LogP) is 2.51. The van der Waals surface area contributed by atoms with Crippen LogP contribution in [0.25, 0.3) is 11.3 Å². The number of nitrogens with one attached hydrogen (secondary N) is 1. The Balaban J connectivity index is 1.63. The molecular formula is C24H33N5O3. The van der Waals surface area contributed by atoms with Crippen molar-refractivity contribution in [3.05, 3.63) is 36.0 Å². The first-order chi connectivity index (χ1) is 15.2. The lowest BCUT2D eigenvalue weighted by molar-refractivity contribution is -0.144. The van der Waals surface area contributed by atoms with Crippen LogP contribution in [0.3, 0.4) is 0 Å². The summed E-state index contributed by atoms with van der Waals surface area (Å²) >= 11 is 0. The molecule has 1 aromatic heterocycles. The smallest absolute Gasteiger partial charge is 0.248 e. The van der Waals surface area contributed by atoms with Gasteiger partial charge in [0, 0.05) is 25.6 Å². The van der Waals surface area contributed by atoms with E-state index in [4.69, 9.17) is 0 Å². The maximum atomic E-state index is 13.7. The molecule has 4 rings (SSSR count). The van der Waals surface area contributed by atoms with Crippen LogP contribution >= 0.6 is 0 Å². The Hall–Kier alpha value is -2.74. The molecule has 1 saturated carbocycles. The van der Waals surface area contributed by atoms with Crippen LogP contribution in [0.1, 0.15) is 64.0 Å². The molecule has 2 heterocycles. The second-order valence-corrected chi connectivity index (χ2v) is 10.1. The number of likely N-dealkylation sites (N-methyl/N-ethyl adjacent to an activating group) is 1. The van der Waals surface area contributed by atoms with Crippen molar-refractivity contribution in [2.24, 2.45) is 5.41 Å². The van der Waals surface area contributed by atoms with Gasteiger partial charge in [-0.05, 0) is 35.8 Å². The number of carbonyl (C=O) groups excluding carboxylic acids is 2. The number of amides is 2. The van der Waals surface area contributed by atoms with Gasteiger partial charge in [-0.1, -0.05) is 50.6 Å². The van der Waals surface area contributed by atoms with E-state index in [1.807, 2.05) is 39.1 Å². The normalized spacial score (nSPS) is 22.5. The third-order valence-corrected chi connectivity index (χ3v) is 6.70. The van der Waals surface area contributed by atoms with Crippen LogP contribution in [0.2, 0.25) is 0 Å². The molecule has 32 heavy (non-hydrogen) atoms. The molecule has 2 unspecified atom stereocenters. The first-order valence-electron chi connectivity index (χ1n) is 11.4. The number of carbonyl (C=O) groups is 2. The van der Waals surface area contributed by atoms with E-state index >= 15 is 0 Å². The van der Waals surface area contributed by atoms with Crippen LogP contribution < -0.4 is 5.32 Å². The molecule has 2 amide bonds. The van der Waals surface area contributed by atoms with Crippen LogP contribution in [0.15, 0.2) is 30.5 Å². The molecule has 1 aromatic carbocycles. The molecule has 1 aliphatic heterocycles. The minimum Gasteiger partial charge on any atom is -0.391 e. The van der Waals surface area contributed by atoms with E-state index in [1.54, 1.807) is 11.7 Å². The van der Waals surface area contributed by atoms with Crippen LogP contribution in [-0.4, -0.2) is 62.6 Å². The molecule has 2 aliphatic rings. The van der Waals surface area contributed by atoms with Crippen molar-refractivity contribution in [2.45, 2.75) is 70.6 Å². The molecule has 8 heteroatoms. The van der Waals surface area contributed by atoms with Gasteiger partial charge in [0.15, 0.2) is 0 Å². The highest BCUT2D eigenvalue weighted by molar-refractivity contribution is 5.90. The van der Waals surface area contributed by atoms with E-state index in [-0.39, 0.29) is 24.8 Å². The van der Waals surface area contributed by atoms with Crippen LogP contribution in [0, 0.1) is 5.41 Å². The first-order valence-corrected chi connectivity index (χ1v) is 11.4. The highest BCUT2D eigenvalue weighted by Gasteiger charge is 2.45. The zero-order chi connectivity index (χ0) is 23.0. The third kappa shape index (κ3) is 4.28. The summed E-state index contributed by atoms with van der Waals surface area (Å²) in [7, 11) is 1.54. The summed E-state index contributed by atoms with van der Waals surface area (Å²) in [6.45, 7) is 6.04. The summed E-state index contributed by atoms with van der Waals surface area (Å²) in [6, 6.07) is 7.06. The van der Waals surface area contributed by atoms with E-state index in [9.17, 15) is 14.7 Å². The fourth-order valence-corrected chi connectivity index (χ4v) is 4.74. The second-order valence-electron chi connectivity index (χ2n) is 10.1. The van der Waals surface area contributed by atoms with Crippen molar-refractivity contribution in [3.8, 4) is 11.3 Å². The van der Waals surface area contributed by atoms with Gasteiger partial charge in [-0.2, -0.15) is 0 Å². The molecule has 3 atom stereocenters. The standard InChI is InChI=1S/C24H33N5O3/c1-24(2,3)21(23(32)28-13-18(30)12-20(28)22(31)25-4)29-14-19(26-27-29)17-10-6-9-16(11-17)15-7-5-8-15/h6,9-11,14-15,18,20-21,30H,5,7-8,12-13H2,1-4H3,(H,25,31)/t18?,20-,21?/m1/s1. The zero-order valence-corrected chi connectivity index (χ0v) is 19.3. The molecule has 172 valence electrons. The van der Waals surface area contributed by atoms with Crippen LogP contribution in [0.5, 0.6) is 0 Å². The van der Waals surface area contributed by atoms with Crippen LogP contribution in [0.4, 0.5) is 0 Å². The van der Waals surface area contributed by atoms with Crippen molar-refractivity contribution in [1.29, 1.82) is 0 Å². The Morgan fingerprint density at radius 3 is 2.62 bits per heavy atom. The van der Waals surface area contributed by atoms with Crippen molar-refractivity contribution < 1.29 is 14.7 Å². The molecule has 8 nitrogen and oxygen atoms in total.